The average molecular weight is 115 g/mol. The fraction of sp³-hybridized carbons (Fsp3) is 0.600. The van der Waals surface area contributed by atoms with E-state index in [1.54, 1.807) is 6.08 Å². The SMILES string of the molecule is CC(C)=CCON=O. The molecule has 0 N–H and O–H groups in total. The summed E-state index contributed by atoms with van der Waals surface area (Å²) in [7, 11) is 0. The molecule has 0 saturated heterocycles. The Balaban J connectivity index is 3.15. The van der Waals surface area contributed by atoms with Gasteiger partial charge in [0.2, 0.25) is 0 Å². The van der Waals surface area contributed by atoms with Crippen molar-refractivity contribution in [3.8, 4) is 0 Å². The Morgan fingerprint density at radius 2 is 2.38 bits per heavy atom. The van der Waals surface area contributed by atoms with Gasteiger partial charge in [-0.15, -0.1) is 4.91 Å². The summed E-state index contributed by atoms with van der Waals surface area (Å²) >= 11 is 0. The number of allylic oxidation sites excluding steroid dienone is 1. The molecule has 0 amide bonds. The van der Waals surface area contributed by atoms with E-state index in [2.05, 4.69) is 10.2 Å². The van der Waals surface area contributed by atoms with Crippen molar-refractivity contribution in [1.82, 2.24) is 0 Å². The molecule has 0 saturated carbocycles. The van der Waals surface area contributed by atoms with Crippen molar-refractivity contribution in [2.24, 2.45) is 5.34 Å². The molecule has 0 rings (SSSR count). The molecule has 0 aromatic rings. The van der Waals surface area contributed by atoms with Crippen LogP contribution in [0.15, 0.2) is 17.0 Å². The zero-order valence-electron chi connectivity index (χ0n) is 5.05. The summed E-state index contributed by atoms with van der Waals surface area (Å²) in [5.41, 5.74) is 1.12. The van der Waals surface area contributed by atoms with E-state index in [9.17, 15) is 4.91 Å². The first kappa shape index (κ1) is 7.14. The van der Waals surface area contributed by atoms with Crippen molar-refractivity contribution in [2.75, 3.05) is 6.61 Å². The van der Waals surface area contributed by atoms with Crippen molar-refractivity contribution in [1.29, 1.82) is 0 Å². The second-order valence-corrected chi connectivity index (χ2v) is 1.65. The molecule has 3 nitrogen and oxygen atoms in total. The third-order valence-corrected chi connectivity index (χ3v) is 0.619. The molecule has 0 aliphatic heterocycles. The van der Waals surface area contributed by atoms with E-state index in [1.165, 1.54) is 0 Å². The highest BCUT2D eigenvalue weighted by Gasteiger charge is 1.76. The summed E-state index contributed by atoms with van der Waals surface area (Å²) in [5, 5.41) is 2.21. The first-order valence-corrected chi connectivity index (χ1v) is 2.35. The molecular weight excluding hydrogens is 106 g/mol. The van der Waals surface area contributed by atoms with Gasteiger partial charge in [-0.2, -0.15) is 0 Å². The van der Waals surface area contributed by atoms with Crippen LogP contribution in [0.25, 0.3) is 0 Å². The van der Waals surface area contributed by atoms with E-state index in [0.29, 0.717) is 0 Å². The van der Waals surface area contributed by atoms with Crippen LogP contribution in [0.1, 0.15) is 13.8 Å². The molecule has 0 aromatic carbocycles. The van der Waals surface area contributed by atoms with Gasteiger partial charge >= 0.3 is 0 Å². The molecular formula is C5H9NO2. The molecule has 0 radical (unpaired) electrons. The Labute approximate surface area is 48.3 Å². The van der Waals surface area contributed by atoms with Crippen LogP contribution < -0.4 is 0 Å². The Morgan fingerprint density at radius 1 is 1.75 bits per heavy atom. The zero-order valence-corrected chi connectivity index (χ0v) is 5.05. The van der Waals surface area contributed by atoms with Crippen LogP contribution in [0.3, 0.4) is 0 Å². The van der Waals surface area contributed by atoms with Gasteiger partial charge in [0.1, 0.15) is 6.61 Å². The van der Waals surface area contributed by atoms with Crippen molar-refractivity contribution in [3.63, 3.8) is 0 Å². The third-order valence-electron chi connectivity index (χ3n) is 0.619. The Kier molecular flexibility index (Phi) is 3.84. The van der Waals surface area contributed by atoms with Crippen molar-refractivity contribution < 1.29 is 4.84 Å². The number of hydrogen-bond donors (Lipinski definition) is 0. The van der Waals surface area contributed by atoms with E-state index in [0.717, 1.165) is 5.57 Å². The fourth-order valence-electron chi connectivity index (χ4n) is 0.234. The minimum Gasteiger partial charge on any atom is -0.360 e. The average Bonchev–Trinajstić information content (AvgIpc) is 1.66. The van der Waals surface area contributed by atoms with Gasteiger partial charge in [-0.3, -0.25) is 0 Å². The van der Waals surface area contributed by atoms with Gasteiger partial charge in [-0.25, -0.2) is 0 Å². The lowest BCUT2D eigenvalue weighted by Crippen LogP contribution is -1.79. The van der Waals surface area contributed by atoms with Crippen LogP contribution in [0.5, 0.6) is 0 Å². The molecule has 0 bridgehead atoms. The molecule has 0 atom stereocenters. The zero-order chi connectivity index (χ0) is 6.41. The molecule has 0 spiro atoms. The Bertz CT molecular complexity index is 94.6. The first-order valence-electron chi connectivity index (χ1n) is 2.35. The molecule has 0 fully saturated rings. The predicted molar refractivity (Wildman–Crippen MR) is 31.2 cm³/mol. The van der Waals surface area contributed by atoms with Crippen LogP contribution in [0.2, 0.25) is 0 Å². The largest absolute Gasteiger partial charge is 0.360 e. The van der Waals surface area contributed by atoms with Gasteiger partial charge in [0.05, 0.1) is 0 Å². The molecule has 46 valence electrons. The number of nitrogens with zero attached hydrogens (tertiary/aromatic N) is 1. The summed E-state index contributed by atoms with van der Waals surface area (Å²) in [6, 6.07) is 0. The molecule has 0 aliphatic rings. The minimum atomic E-state index is 0.284. The van der Waals surface area contributed by atoms with Crippen LogP contribution in [0.4, 0.5) is 0 Å². The van der Waals surface area contributed by atoms with Crippen molar-refractivity contribution in [2.45, 2.75) is 13.8 Å². The first-order chi connectivity index (χ1) is 3.77. The maximum atomic E-state index is 9.28. The fourth-order valence-corrected chi connectivity index (χ4v) is 0.234. The summed E-state index contributed by atoms with van der Waals surface area (Å²) < 4.78 is 0. The monoisotopic (exact) mass is 115 g/mol. The van der Waals surface area contributed by atoms with Gasteiger partial charge in [0, 0.05) is 0 Å². The molecule has 0 heterocycles. The smallest absolute Gasteiger partial charge is 0.155 e. The molecule has 0 aromatic heterocycles. The summed E-state index contributed by atoms with van der Waals surface area (Å²) in [6.07, 6.45) is 1.78. The standard InChI is InChI=1S/C5H9NO2/c1-5(2)3-4-8-6-7/h3H,4H2,1-2H3. The molecule has 8 heavy (non-hydrogen) atoms. The third kappa shape index (κ3) is 5.14. The van der Waals surface area contributed by atoms with Crippen LogP contribution in [0, 0.1) is 4.91 Å². The number of rotatable bonds is 3. The lowest BCUT2D eigenvalue weighted by Gasteiger charge is -1.86. The second-order valence-electron chi connectivity index (χ2n) is 1.65. The highest BCUT2D eigenvalue weighted by molar-refractivity contribution is 4.92. The Morgan fingerprint density at radius 3 is 2.75 bits per heavy atom. The normalized spacial score (nSPS) is 7.75. The van der Waals surface area contributed by atoms with E-state index in [1.807, 2.05) is 13.8 Å². The van der Waals surface area contributed by atoms with Gasteiger partial charge < -0.3 is 4.84 Å². The van der Waals surface area contributed by atoms with Gasteiger partial charge in [0.25, 0.3) is 0 Å². The topological polar surface area (TPSA) is 38.7 Å². The van der Waals surface area contributed by atoms with Gasteiger partial charge in [-0.05, 0) is 19.9 Å². The van der Waals surface area contributed by atoms with E-state index >= 15 is 0 Å². The van der Waals surface area contributed by atoms with Crippen molar-refractivity contribution >= 4 is 0 Å². The molecule has 0 aliphatic carbocycles. The highest BCUT2D eigenvalue weighted by Crippen LogP contribution is 1.87. The maximum Gasteiger partial charge on any atom is 0.155 e. The van der Waals surface area contributed by atoms with Crippen LogP contribution in [-0.4, -0.2) is 6.61 Å². The van der Waals surface area contributed by atoms with Crippen molar-refractivity contribution in [3.05, 3.63) is 16.6 Å². The van der Waals surface area contributed by atoms with E-state index < -0.39 is 0 Å². The Hall–Kier alpha value is -0.860. The van der Waals surface area contributed by atoms with Gasteiger partial charge in [-0.1, -0.05) is 5.57 Å². The summed E-state index contributed by atoms with van der Waals surface area (Å²) in [4.78, 5) is 13.4. The maximum absolute atomic E-state index is 9.28. The summed E-state index contributed by atoms with van der Waals surface area (Å²) in [6.45, 7) is 4.13. The quantitative estimate of drug-likeness (QED) is 0.243. The molecule has 0 unspecified atom stereocenters. The van der Waals surface area contributed by atoms with E-state index in [4.69, 9.17) is 0 Å². The summed E-state index contributed by atoms with van der Waals surface area (Å²) in [5.74, 6) is 0. The highest BCUT2D eigenvalue weighted by atomic mass is 16.7. The van der Waals surface area contributed by atoms with Gasteiger partial charge in [0.15, 0.2) is 5.34 Å². The second kappa shape index (κ2) is 4.30. The lowest BCUT2D eigenvalue weighted by atomic mass is 10.3. The minimum absolute atomic E-state index is 0.284. The number of hydrogen-bond acceptors (Lipinski definition) is 3. The predicted octanol–water partition coefficient (Wildman–Crippen LogP) is 1.65. The molecule has 3 heteroatoms. The van der Waals surface area contributed by atoms with Crippen LogP contribution >= 0.6 is 0 Å². The van der Waals surface area contributed by atoms with E-state index in [-0.39, 0.29) is 6.61 Å². The lowest BCUT2D eigenvalue weighted by molar-refractivity contribution is 0.169. The van der Waals surface area contributed by atoms with Crippen LogP contribution in [-0.2, 0) is 4.84 Å².